The molecule has 1 aliphatic heterocycles. The van der Waals surface area contributed by atoms with Crippen LogP contribution >= 0.6 is 0 Å². The van der Waals surface area contributed by atoms with Gasteiger partial charge in [-0.2, -0.15) is 5.10 Å². The summed E-state index contributed by atoms with van der Waals surface area (Å²) in [5, 5.41) is 7.07. The molecule has 0 aliphatic carbocycles. The number of carbonyl (C=O) groups is 1. The Morgan fingerprint density at radius 2 is 2.08 bits per heavy atom. The molecule has 1 aliphatic rings. The van der Waals surface area contributed by atoms with Crippen LogP contribution in [0.5, 0.6) is 0 Å². The molecule has 4 rings (SSSR count). The number of nitrogens with one attached hydrogen (secondary N) is 1. The van der Waals surface area contributed by atoms with E-state index in [1.54, 1.807) is 29.3 Å². The summed E-state index contributed by atoms with van der Waals surface area (Å²) in [6.45, 7) is 3.03. The fourth-order valence-corrected chi connectivity index (χ4v) is 3.23. The number of amides is 1. The highest BCUT2D eigenvalue weighted by atomic mass is 16.2. The molecule has 1 saturated heterocycles. The van der Waals surface area contributed by atoms with Gasteiger partial charge < -0.3 is 4.90 Å². The van der Waals surface area contributed by atoms with Crippen LogP contribution in [0.25, 0.3) is 5.65 Å². The van der Waals surface area contributed by atoms with Gasteiger partial charge in [-0.15, -0.1) is 0 Å². The van der Waals surface area contributed by atoms with Crippen LogP contribution in [0.1, 0.15) is 40.8 Å². The van der Waals surface area contributed by atoms with E-state index in [0.29, 0.717) is 18.7 Å². The molecule has 8 heteroatoms. The third-order valence-electron chi connectivity index (χ3n) is 4.61. The van der Waals surface area contributed by atoms with Crippen molar-refractivity contribution in [3.8, 4) is 0 Å². The van der Waals surface area contributed by atoms with Crippen LogP contribution in [0, 0.1) is 6.92 Å². The highest BCUT2D eigenvalue weighted by molar-refractivity contribution is 5.93. The van der Waals surface area contributed by atoms with Crippen molar-refractivity contribution in [1.29, 1.82) is 0 Å². The number of piperidine rings is 1. The van der Waals surface area contributed by atoms with E-state index in [9.17, 15) is 9.59 Å². The Morgan fingerprint density at radius 3 is 2.80 bits per heavy atom. The highest BCUT2D eigenvalue weighted by Gasteiger charge is 2.28. The fourth-order valence-electron chi connectivity index (χ4n) is 3.23. The summed E-state index contributed by atoms with van der Waals surface area (Å²) in [4.78, 5) is 35.6. The normalized spacial score (nSPS) is 15.6. The number of hydrogen-bond donors (Lipinski definition) is 1. The quantitative estimate of drug-likeness (QED) is 0.756. The first-order chi connectivity index (χ1) is 12.1. The van der Waals surface area contributed by atoms with E-state index in [1.807, 2.05) is 6.92 Å². The smallest absolute Gasteiger partial charge is 0.270 e. The summed E-state index contributed by atoms with van der Waals surface area (Å²) in [5.74, 6) is 1.58. The van der Waals surface area contributed by atoms with Crippen molar-refractivity contribution in [2.45, 2.75) is 25.7 Å². The fraction of sp³-hybridized carbons (Fsp3) is 0.353. The Morgan fingerprint density at radius 1 is 1.28 bits per heavy atom. The molecular weight excluding hydrogens is 320 g/mol. The minimum Gasteiger partial charge on any atom is -0.338 e. The van der Waals surface area contributed by atoms with Gasteiger partial charge in [-0.3, -0.25) is 19.1 Å². The number of carbonyl (C=O) groups excluding carboxylic acids is 1. The molecule has 1 N–H and O–H groups in total. The Bertz CT molecular complexity index is 984. The SMILES string of the molecule is Cc1nc(C2CCN(C(=O)c3cnc4ccccn4c3=O)CC2)n[nH]1. The van der Waals surface area contributed by atoms with Crippen LogP contribution in [0.3, 0.4) is 0 Å². The maximum absolute atomic E-state index is 12.7. The second-order valence-electron chi connectivity index (χ2n) is 6.25. The van der Waals surface area contributed by atoms with Crippen molar-refractivity contribution in [3.63, 3.8) is 0 Å². The third-order valence-corrected chi connectivity index (χ3v) is 4.61. The number of fused-ring (bicyclic) bond motifs is 1. The molecule has 1 fully saturated rings. The lowest BCUT2D eigenvalue weighted by Gasteiger charge is -2.30. The molecular formula is C17H18N6O2. The van der Waals surface area contributed by atoms with Gasteiger partial charge in [-0.05, 0) is 31.9 Å². The van der Waals surface area contributed by atoms with E-state index in [2.05, 4.69) is 20.2 Å². The van der Waals surface area contributed by atoms with Crippen LogP contribution in [-0.4, -0.2) is 48.5 Å². The number of nitrogens with zero attached hydrogens (tertiary/aromatic N) is 5. The molecule has 0 atom stereocenters. The van der Waals surface area contributed by atoms with Gasteiger partial charge in [-0.25, -0.2) is 9.97 Å². The number of pyridine rings is 1. The molecule has 0 unspecified atom stereocenters. The van der Waals surface area contributed by atoms with E-state index in [4.69, 9.17) is 0 Å². The predicted molar refractivity (Wildman–Crippen MR) is 90.5 cm³/mol. The van der Waals surface area contributed by atoms with Gasteiger partial charge in [0.25, 0.3) is 11.5 Å². The second kappa shape index (κ2) is 6.12. The number of aromatic nitrogens is 5. The Kier molecular flexibility index (Phi) is 3.79. The zero-order chi connectivity index (χ0) is 17.4. The number of H-pyrrole nitrogens is 1. The first kappa shape index (κ1) is 15.5. The van der Waals surface area contributed by atoms with E-state index in [-0.39, 0.29) is 22.9 Å². The summed E-state index contributed by atoms with van der Waals surface area (Å²) in [7, 11) is 0. The first-order valence-electron chi connectivity index (χ1n) is 8.28. The lowest BCUT2D eigenvalue weighted by atomic mass is 9.96. The Balaban J connectivity index is 1.53. The summed E-state index contributed by atoms with van der Waals surface area (Å²) in [6, 6.07) is 5.29. The van der Waals surface area contributed by atoms with Gasteiger partial charge >= 0.3 is 0 Å². The average Bonchev–Trinajstić information content (AvgIpc) is 3.08. The number of hydrogen-bond acceptors (Lipinski definition) is 5. The lowest BCUT2D eigenvalue weighted by molar-refractivity contribution is 0.0708. The van der Waals surface area contributed by atoms with E-state index < -0.39 is 0 Å². The molecule has 1 amide bonds. The number of aryl methyl sites for hydroxylation is 1. The van der Waals surface area contributed by atoms with Crippen molar-refractivity contribution in [3.05, 3.63) is 58.2 Å². The van der Waals surface area contributed by atoms with E-state index in [0.717, 1.165) is 24.5 Å². The largest absolute Gasteiger partial charge is 0.338 e. The highest BCUT2D eigenvalue weighted by Crippen LogP contribution is 2.25. The molecule has 25 heavy (non-hydrogen) atoms. The predicted octanol–water partition coefficient (Wildman–Crippen LogP) is 1.14. The summed E-state index contributed by atoms with van der Waals surface area (Å²) >= 11 is 0. The van der Waals surface area contributed by atoms with Gasteiger partial charge in [0.15, 0.2) is 5.82 Å². The first-order valence-corrected chi connectivity index (χ1v) is 8.28. The zero-order valence-electron chi connectivity index (χ0n) is 13.8. The maximum Gasteiger partial charge on any atom is 0.270 e. The van der Waals surface area contributed by atoms with Crippen molar-refractivity contribution in [1.82, 2.24) is 29.5 Å². The molecule has 0 spiro atoms. The Labute approximate surface area is 143 Å². The zero-order valence-corrected chi connectivity index (χ0v) is 13.8. The molecule has 0 radical (unpaired) electrons. The molecule has 0 aromatic carbocycles. The second-order valence-corrected chi connectivity index (χ2v) is 6.25. The van der Waals surface area contributed by atoms with Crippen LogP contribution in [-0.2, 0) is 0 Å². The maximum atomic E-state index is 12.7. The van der Waals surface area contributed by atoms with Gasteiger partial charge in [0, 0.05) is 31.4 Å². The summed E-state index contributed by atoms with van der Waals surface area (Å²) in [6.07, 6.45) is 4.57. The monoisotopic (exact) mass is 338 g/mol. The molecule has 0 bridgehead atoms. The van der Waals surface area contributed by atoms with Crippen LogP contribution in [0.4, 0.5) is 0 Å². The summed E-state index contributed by atoms with van der Waals surface area (Å²) in [5.41, 5.74) is 0.306. The Hall–Kier alpha value is -3.03. The van der Waals surface area contributed by atoms with Gasteiger partial charge in [0.1, 0.15) is 17.0 Å². The van der Waals surface area contributed by atoms with Gasteiger partial charge in [0.2, 0.25) is 0 Å². The van der Waals surface area contributed by atoms with Crippen LogP contribution in [0.15, 0.2) is 35.4 Å². The van der Waals surface area contributed by atoms with E-state index in [1.165, 1.54) is 10.6 Å². The van der Waals surface area contributed by atoms with Crippen LogP contribution < -0.4 is 5.56 Å². The van der Waals surface area contributed by atoms with Crippen molar-refractivity contribution >= 4 is 11.6 Å². The standard InChI is InChI=1S/C17H18N6O2/c1-11-19-15(21-20-11)12-5-8-22(9-6-12)16(24)13-10-18-14-4-2-3-7-23(14)17(13)25/h2-4,7,10,12H,5-6,8-9H2,1H3,(H,19,20,21). The van der Waals surface area contributed by atoms with Crippen molar-refractivity contribution < 1.29 is 4.79 Å². The van der Waals surface area contributed by atoms with Crippen molar-refractivity contribution in [2.24, 2.45) is 0 Å². The van der Waals surface area contributed by atoms with Crippen molar-refractivity contribution in [2.75, 3.05) is 13.1 Å². The molecule has 3 aromatic rings. The lowest BCUT2D eigenvalue weighted by Crippen LogP contribution is -2.40. The molecule has 3 aromatic heterocycles. The van der Waals surface area contributed by atoms with Gasteiger partial charge in [-0.1, -0.05) is 6.07 Å². The van der Waals surface area contributed by atoms with E-state index >= 15 is 0 Å². The average molecular weight is 338 g/mol. The summed E-state index contributed by atoms with van der Waals surface area (Å²) < 4.78 is 1.40. The topological polar surface area (TPSA) is 96.2 Å². The third kappa shape index (κ3) is 2.79. The van der Waals surface area contributed by atoms with Crippen LogP contribution in [0.2, 0.25) is 0 Å². The number of aromatic amines is 1. The molecule has 0 saturated carbocycles. The molecule has 128 valence electrons. The minimum atomic E-state index is -0.331. The molecule has 4 heterocycles. The number of likely N-dealkylation sites (tertiary alicyclic amines) is 1. The molecule has 8 nitrogen and oxygen atoms in total. The van der Waals surface area contributed by atoms with Gasteiger partial charge in [0.05, 0.1) is 0 Å². The number of rotatable bonds is 2. The minimum absolute atomic E-state index is 0.107.